The van der Waals surface area contributed by atoms with Crippen LogP contribution in [0.15, 0.2) is 70.9 Å². The van der Waals surface area contributed by atoms with Crippen molar-refractivity contribution in [2.45, 2.75) is 5.16 Å². The summed E-state index contributed by atoms with van der Waals surface area (Å²) in [7, 11) is 3.08. The molecule has 0 spiro atoms. The summed E-state index contributed by atoms with van der Waals surface area (Å²) < 4.78 is 12.3. The summed E-state index contributed by atoms with van der Waals surface area (Å²) in [6.07, 6.45) is 3.22. The molecular formula is C23H19N5O6S. The highest BCUT2D eigenvalue weighted by Gasteiger charge is 2.16. The predicted molar refractivity (Wildman–Crippen MR) is 129 cm³/mol. The maximum atomic E-state index is 12.0. The van der Waals surface area contributed by atoms with Crippen LogP contribution in [0.3, 0.4) is 0 Å². The molecule has 0 saturated carbocycles. The third-order valence-corrected chi connectivity index (χ3v) is 5.78. The Morgan fingerprint density at radius 3 is 2.43 bits per heavy atom. The average molecular weight is 494 g/mol. The lowest BCUT2D eigenvalue weighted by atomic mass is 10.2. The van der Waals surface area contributed by atoms with Crippen LogP contribution < -0.4 is 9.47 Å². The van der Waals surface area contributed by atoms with Crippen molar-refractivity contribution in [1.82, 2.24) is 19.7 Å². The Labute approximate surface area is 203 Å². The van der Waals surface area contributed by atoms with E-state index in [1.807, 2.05) is 0 Å². The number of aromatic nitrogens is 4. The molecule has 0 radical (unpaired) electrons. The van der Waals surface area contributed by atoms with E-state index >= 15 is 0 Å². The number of nitro benzene ring substituents is 1. The minimum Gasteiger partial charge on any atom is -0.497 e. The van der Waals surface area contributed by atoms with Gasteiger partial charge in [0.05, 0.1) is 19.1 Å². The van der Waals surface area contributed by atoms with Crippen molar-refractivity contribution >= 4 is 29.5 Å². The lowest BCUT2D eigenvalue weighted by Crippen LogP contribution is -2.00. The smallest absolute Gasteiger partial charge is 0.342 e. The fourth-order valence-corrected chi connectivity index (χ4v) is 3.91. The number of nitrogens with zero attached hydrogens (tertiary/aromatic N) is 4. The molecule has 2 heterocycles. The van der Waals surface area contributed by atoms with Crippen molar-refractivity contribution in [3.63, 3.8) is 0 Å². The van der Waals surface area contributed by atoms with E-state index < -0.39 is 10.9 Å². The first-order valence-electron chi connectivity index (χ1n) is 10.1. The van der Waals surface area contributed by atoms with Crippen molar-refractivity contribution in [2.24, 2.45) is 0 Å². The van der Waals surface area contributed by atoms with E-state index in [0.717, 1.165) is 11.8 Å². The Kier molecular flexibility index (Phi) is 6.83. The second kappa shape index (κ2) is 10.1. The van der Waals surface area contributed by atoms with E-state index in [4.69, 9.17) is 9.47 Å². The number of H-pyrrole nitrogens is 1. The van der Waals surface area contributed by atoms with Crippen LogP contribution in [0.4, 0.5) is 5.69 Å². The maximum absolute atomic E-state index is 12.0. The topological polar surface area (TPSA) is 145 Å². The molecule has 2 N–H and O–H groups in total. The minimum atomic E-state index is -1.15. The fourth-order valence-electron chi connectivity index (χ4n) is 3.21. The number of hydrogen-bond acceptors (Lipinski definition) is 8. The number of nitrogens with one attached hydrogen (secondary N) is 1. The van der Waals surface area contributed by atoms with Gasteiger partial charge < -0.3 is 19.1 Å². The number of aromatic amines is 1. The Balaban J connectivity index is 1.61. The molecule has 35 heavy (non-hydrogen) atoms. The van der Waals surface area contributed by atoms with Gasteiger partial charge in [0.15, 0.2) is 5.82 Å². The maximum Gasteiger partial charge on any atom is 0.342 e. The molecule has 0 saturated heterocycles. The van der Waals surface area contributed by atoms with E-state index in [9.17, 15) is 20.0 Å². The van der Waals surface area contributed by atoms with E-state index in [0.29, 0.717) is 34.3 Å². The van der Waals surface area contributed by atoms with Crippen molar-refractivity contribution in [3.8, 4) is 28.6 Å². The third-order valence-electron chi connectivity index (χ3n) is 4.90. The van der Waals surface area contributed by atoms with Gasteiger partial charge >= 0.3 is 5.97 Å². The predicted octanol–water partition coefficient (Wildman–Crippen LogP) is 4.41. The van der Waals surface area contributed by atoms with Gasteiger partial charge in [-0.15, -0.1) is 5.10 Å². The van der Waals surface area contributed by atoms with Gasteiger partial charge in [0.1, 0.15) is 16.4 Å². The standard InChI is InChI=1S/C23H19N5O6S/c1-33-18-10-14(11-19(13-18)34-2)21-24-23(26-25-21)35-20(22(29)30)12-17-4-3-9-27(17)15-5-7-16(8-6-15)28(31)32/h3-13H,1-2H3,(H,29,30)(H,24,25,26)/b20-12-. The van der Waals surface area contributed by atoms with Crippen LogP contribution in [0.1, 0.15) is 5.69 Å². The summed E-state index contributed by atoms with van der Waals surface area (Å²) in [6.45, 7) is 0. The van der Waals surface area contributed by atoms with Gasteiger partial charge in [-0.05, 0) is 54.2 Å². The first-order chi connectivity index (χ1) is 16.9. The molecule has 0 bridgehead atoms. The van der Waals surface area contributed by atoms with Crippen molar-refractivity contribution < 1.29 is 24.3 Å². The molecule has 178 valence electrons. The highest BCUT2D eigenvalue weighted by molar-refractivity contribution is 8.04. The Morgan fingerprint density at radius 1 is 1.14 bits per heavy atom. The first kappa shape index (κ1) is 23.6. The minimum absolute atomic E-state index is 0.0133. The molecular weight excluding hydrogens is 474 g/mol. The summed E-state index contributed by atoms with van der Waals surface area (Å²) in [5, 5.41) is 27.8. The number of carbonyl (C=O) groups is 1. The number of thioether (sulfide) groups is 1. The van der Waals surface area contributed by atoms with Crippen molar-refractivity contribution in [3.05, 3.63) is 81.5 Å². The second-order valence-electron chi connectivity index (χ2n) is 7.06. The van der Waals surface area contributed by atoms with Gasteiger partial charge in [-0.3, -0.25) is 15.2 Å². The monoisotopic (exact) mass is 493 g/mol. The zero-order chi connectivity index (χ0) is 24.9. The van der Waals surface area contributed by atoms with Crippen LogP contribution in [0.2, 0.25) is 0 Å². The molecule has 0 unspecified atom stereocenters. The molecule has 12 heteroatoms. The van der Waals surface area contributed by atoms with Gasteiger partial charge in [0.2, 0.25) is 5.16 Å². The normalized spacial score (nSPS) is 11.3. The number of non-ortho nitro benzene ring substituents is 1. The lowest BCUT2D eigenvalue weighted by Gasteiger charge is -2.07. The third kappa shape index (κ3) is 5.33. The molecule has 0 aliphatic rings. The number of benzene rings is 2. The molecule has 0 aliphatic heterocycles. The van der Waals surface area contributed by atoms with Gasteiger partial charge in [-0.2, -0.15) is 0 Å². The summed E-state index contributed by atoms with van der Waals surface area (Å²) in [5.74, 6) is 0.413. The number of carboxylic acids is 1. The molecule has 0 atom stereocenters. The Morgan fingerprint density at radius 2 is 1.83 bits per heavy atom. The summed E-state index contributed by atoms with van der Waals surface area (Å²) >= 11 is 0.884. The fraction of sp³-hybridized carbons (Fsp3) is 0.0870. The number of nitro groups is 1. The van der Waals surface area contributed by atoms with Gasteiger partial charge in [-0.1, -0.05) is 0 Å². The molecule has 11 nitrogen and oxygen atoms in total. The highest BCUT2D eigenvalue weighted by atomic mass is 32.2. The van der Waals surface area contributed by atoms with E-state index in [1.54, 1.807) is 53.2 Å². The van der Waals surface area contributed by atoms with Gasteiger partial charge in [0.25, 0.3) is 5.69 Å². The molecule has 0 amide bonds. The lowest BCUT2D eigenvalue weighted by molar-refractivity contribution is -0.384. The Bertz CT molecular complexity index is 1390. The first-order valence-corrected chi connectivity index (χ1v) is 10.9. The van der Waals surface area contributed by atoms with Gasteiger partial charge in [-0.25, -0.2) is 9.78 Å². The SMILES string of the molecule is COc1cc(OC)cc(-c2nc(S/C(=C\c3cccn3-c3ccc([N+](=O)[O-])cc3)C(=O)O)n[nH]2)c1. The average Bonchev–Trinajstić information content (AvgIpc) is 3.53. The number of aliphatic carboxylic acids is 1. The largest absolute Gasteiger partial charge is 0.497 e. The Hall–Kier alpha value is -4.58. The number of carboxylic acid groups (broad SMARTS) is 1. The zero-order valence-electron chi connectivity index (χ0n) is 18.5. The molecule has 4 rings (SSSR count). The molecule has 2 aromatic heterocycles. The van der Waals surface area contributed by atoms with Crippen LogP contribution in [0.25, 0.3) is 23.2 Å². The van der Waals surface area contributed by atoms with Crippen LogP contribution in [-0.2, 0) is 4.79 Å². The second-order valence-corrected chi connectivity index (χ2v) is 8.07. The van der Waals surface area contributed by atoms with Crippen LogP contribution in [-0.4, -0.2) is 50.0 Å². The molecule has 4 aromatic rings. The zero-order valence-corrected chi connectivity index (χ0v) is 19.4. The van der Waals surface area contributed by atoms with E-state index in [2.05, 4.69) is 15.2 Å². The molecule has 0 fully saturated rings. The number of ether oxygens (including phenoxy) is 2. The van der Waals surface area contributed by atoms with Crippen LogP contribution in [0, 0.1) is 10.1 Å². The van der Waals surface area contributed by atoms with E-state index in [-0.39, 0.29) is 15.7 Å². The van der Waals surface area contributed by atoms with Crippen molar-refractivity contribution in [1.29, 1.82) is 0 Å². The number of rotatable bonds is 9. The van der Waals surface area contributed by atoms with Crippen LogP contribution >= 0.6 is 11.8 Å². The summed E-state index contributed by atoms with van der Waals surface area (Å²) in [4.78, 5) is 26.8. The van der Waals surface area contributed by atoms with E-state index in [1.165, 1.54) is 32.4 Å². The number of hydrogen-bond donors (Lipinski definition) is 2. The van der Waals surface area contributed by atoms with Crippen molar-refractivity contribution in [2.75, 3.05) is 14.2 Å². The van der Waals surface area contributed by atoms with Crippen LogP contribution in [0.5, 0.6) is 11.5 Å². The highest BCUT2D eigenvalue weighted by Crippen LogP contribution is 2.31. The number of methoxy groups -OCH3 is 2. The van der Waals surface area contributed by atoms with Gasteiger partial charge in [0, 0.05) is 41.3 Å². The molecule has 0 aliphatic carbocycles. The quantitative estimate of drug-likeness (QED) is 0.150. The molecule has 2 aromatic carbocycles. The summed E-state index contributed by atoms with van der Waals surface area (Å²) in [5.41, 5.74) is 1.84. The summed E-state index contributed by atoms with van der Waals surface area (Å²) in [6, 6.07) is 14.7.